The van der Waals surface area contributed by atoms with E-state index in [9.17, 15) is 0 Å². The van der Waals surface area contributed by atoms with E-state index in [1.807, 2.05) is 0 Å². The minimum Gasteiger partial charge on any atom is -0.309 e. The van der Waals surface area contributed by atoms with Crippen molar-refractivity contribution >= 4 is 49.4 Å². The second kappa shape index (κ2) is 17.3. The summed E-state index contributed by atoms with van der Waals surface area (Å²) in [4.78, 5) is 2.45. The molecule has 1 heteroatoms. The summed E-state index contributed by atoms with van der Waals surface area (Å²) in [6, 6.07) is 99.6. The van der Waals surface area contributed by atoms with Crippen LogP contribution in [0.1, 0.15) is 0 Å². The Balaban J connectivity index is 1.17. The molecule has 0 aliphatic rings. The van der Waals surface area contributed by atoms with Crippen molar-refractivity contribution in [3.63, 3.8) is 0 Å². The van der Waals surface area contributed by atoms with Crippen LogP contribution in [0.3, 0.4) is 0 Å². The van der Waals surface area contributed by atoms with E-state index in [0.717, 1.165) is 17.1 Å². The number of benzene rings is 12. The van der Waals surface area contributed by atoms with Gasteiger partial charge in [-0.2, -0.15) is 0 Å². The van der Waals surface area contributed by atoms with Gasteiger partial charge in [-0.3, -0.25) is 0 Å². The Kier molecular flexibility index (Phi) is 10.3. The predicted molar refractivity (Wildman–Crippen MR) is 286 cm³/mol. The lowest BCUT2D eigenvalue weighted by atomic mass is 9.77. The Morgan fingerprint density at radius 1 is 0.209 bits per heavy atom. The second-order valence-corrected chi connectivity index (χ2v) is 17.1. The standard InChI is InChI=1S/C66H45N/c1-6-22-46(23-7-1)47-40-42-53(43-41-47)67(60-39-20-33-48-24-16-17-34-54(48)60)61-45-44-56(55-35-18-19-36-57(55)61)58-37-21-38-59-62(49-25-8-2-9-26-49)63(50-27-10-3-11-28-50)64(51-29-12-4-13-30-51)65(66(58)59)52-31-14-5-15-32-52/h1-45H. The Morgan fingerprint density at radius 3 is 1.24 bits per heavy atom. The monoisotopic (exact) mass is 851 g/mol. The molecule has 0 unspecified atom stereocenters. The van der Waals surface area contributed by atoms with Gasteiger partial charge in [0.2, 0.25) is 0 Å². The van der Waals surface area contributed by atoms with Crippen molar-refractivity contribution in [3.8, 4) is 66.8 Å². The number of nitrogens with zero attached hydrogens (tertiary/aromatic N) is 1. The number of rotatable bonds is 9. The van der Waals surface area contributed by atoms with E-state index in [0.29, 0.717) is 0 Å². The zero-order chi connectivity index (χ0) is 44.5. The topological polar surface area (TPSA) is 3.24 Å². The molecule has 0 aliphatic heterocycles. The predicted octanol–water partition coefficient (Wildman–Crippen LogP) is 18.6. The van der Waals surface area contributed by atoms with Gasteiger partial charge in [-0.25, -0.2) is 0 Å². The molecule has 0 saturated carbocycles. The van der Waals surface area contributed by atoms with Crippen LogP contribution in [0.25, 0.3) is 99.1 Å². The Labute approximate surface area is 392 Å². The average molecular weight is 852 g/mol. The number of hydrogen-bond donors (Lipinski definition) is 0. The third-order valence-electron chi connectivity index (χ3n) is 13.3. The van der Waals surface area contributed by atoms with Gasteiger partial charge in [0.05, 0.1) is 11.4 Å². The molecule has 0 atom stereocenters. The molecule has 0 heterocycles. The molecule has 0 spiro atoms. The fourth-order valence-electron chi connectivity index (χ4n) is 10.3. The van der Waals surface area contributed by atoms with Crippen LogP contribution < -0.4 is 4.90 Å². The van der Waals surface area contributed by atoms with Crippen molar-refractivity contribution in [1.29, 1.82) is 0 Å². The van der Waals surface area contributed by atoms with Crippen molar-refractivity contribution in [3.05, 3.63) is 273 Å². The lowest BCUT2D eigenvalue weighted by Gasteiger charge is -2.29. The van der Waals surface area contributed by atoms with Crippen LogP contribution in [0.2, 0.25) is 0 Å². The van der Waals surface area contributed by atoms with Crippen molar-refractivity contribution in [2.75, 3.05) is 4.90 Å². The zero-order valence-electron chi connectivity index (χ0n) is 36.9. The van der Waals surface area contributed by atoms with Gasteiger partial charge in [0.15, 0.2) is 0 Å². The van der Waals surface area contributed by atoms with Gasteiger partial charge < -0.3 is 4.90 Å². The summed E-state index contributed by atoms with van der Waals surface area (Å²) in [7, 11) is 0. The van der Waals surface area contributed by atoms with Crippen LogP contribution >= 0.6 is 0 Å². The minimum absolute atomic E-state index is 1.10. The van der Waals surface area contributed by atoms with Gasteiger partial charge >= 0.3 is 0 Å². The van der Waals surface area contributed by atoms with Crippen LogP contribution in [0.5, 0.6) is 0 Å². The molecule has 0 amide bonds. The molecule has 1 nitrogen and oxygen atoms in total. The zero-order valence-corrected chi connectivity index (χ0v) is 36.9. The van der Waals surface area contributed by atoms with E-state index >= 15 is 0 Å². The summed E-state index contributed by atoms with van der Waals surface area (Å²) in [5.41, 5.74) is 17.7. The van der Waals surface area contributed by atoms with Crippen molar-refractivity contribution in [2.24, 2.45) is 0 Å². The molecule has 12 rings (SSSR count). The number of anilines is 3. The fourth-order valence-corrected chi connectivity index (χ4v) is 10.3. The molecule has 0 N–H and O–H groups in total. The summed E-state index contributed by atoms with van der Waals surface area (Å²) in [5.74, 6) is 0. The largest absolute Gasteiger partial charge is 0.309 e. The fraction of sp³-hybridized carbons (Fsp3) is 0. The molecule has 0 bridgehead atoms. The lowest BCUT2D eigenvalue weighted by Crippen LogP contribution is -2.11. The van der Waals surface area contributed by atoms with Crippen LogP contribution in [0.4, 0.5) is 17.1 Å². The Bertz CT molecular complexity index is 3690. The highest BCUT2D eigenvalue weighted by Gasteiger charge is 2.27. The van der Waals surface area contributed by atoms with Gasteiger partial charge in [-0.1, -0.05) is 249 Å². The molecule has 12 aromatic carbocycles. The quantitative estimate of drug-likeness (QED) is 0.140. The minimum atomic E-state index is 1.10. The second-order valence-electron chi connectivity index (χ2n) is 17.1. The molecular weight excluding hydrogens is 807 g/mol. The summed E-state index contributed by atoms with van der Waals surface area (Å²) in [6.07, 6.45) is 0. The number of fused-ring (bicyclic) bond motifs is 3. The molecule has 314 valence electrons. The highest BCUT2D eigenvalue weighted by molar-refractivity contribution is 6.23. The molecule has 0 aromatic heterocycles. The molecule has 67 heavy (non-hydrogen) atoms. The molecular formula is C66H45N. The molecule has 12 aromatic rings. The molecule has 0 radical (unpaired) electrons. The van der Waals surface area contributed by atoms with Gasteiger partial charge in [0.1, 0.15) is 0 Å². The molecule has 0 aliphatic carbocycles. The first-order chi connectivity index (χ1) is 33.3. The van der Waals surface area contributed by atoms with E-state index in [-0.39, 0.29) is 0 Å². The molecule has 0 saturated heterocycles. The molecule has 0 fully saturated rings. The van der Waals surface area contributed by atoms with Crippen LogP contribution in [-0.4, -0.2) is 0 Å². The Hall–Kier alpha value is -8.78. The first-order valence-electron chi connectivity index (χ1n) is 23.1. The first-order valence-corrected chi connectivity index (χ1v) is 23.1. The van der Waals surface area contributed by atoms with Crippen LogP contribution in [0, 0.1) is 0 Å². The third-order valence-corrected chi connectivity index (χ3v) is 13.3. The van der Waals surface area contributed by atoms with Crippen molar-refractivity contribution in [2.45, 2.75) is 0 Å². The Morgan fingerprint density at radius 2 is 0.627 bits per heavy atom. The van der Waals surface area contributed by atoms with E-state index < -0.39 is 0 Å². The normalized spacial score (nSPS) is 11.3. The van der Waals surface area contributed by atoms with Gasteiger partial charge in [0, 0.05) is 16.5 Å². The lowest BCUT2D eigenvalue weighted by molar-refractivity contribution is 1.31. The summed E-state index contributed by atoms with van der Waals surface area (Å²) in [5, 5.41) is 7.20. The summed E-state index contributed by atoms with van der Waals surface area (Å²) in [6.45, 7) is 0. The summed E-state index contributed by atoms with van der Waals surface area (Å²) >= 11 is 0. The van der Waals surface area contributed by atoms with Crippen LogP contribution in [0.15, 0.2) is 273 Å². The maximum atomic E-state index is 2.45. The van der Waals surface area contributed by atoms with E-state index in [1.165, 1.54) is 99.1 Å². The first kappa shape index (κ1) is 39.8. The maximum absolute atomic E-state index is 2.45. The van der Waals surface area contributed by atoms with E-state index in [4.69, 9.17) is 0 Å². The highest BCUT2D eigenvalue weighted by atomic mass is 15.1. The third kappa shape index (κ3) is 7.15. The van der Waals surface area contributed by atoms with Crippen molar-refractivity contribution < 1.29 is 0 Å². The van der Waals surface area contributed by atoms with E-state index in [1.54, 1.807) is 0 Å². The van der Waals surface area contributed by atoms with Gasteiger partial charge in [-0.15, -0.1) is 0 Å². The van der Waals surface area contributed by atoms with Gasteiger partial charge in [0.25, 0.3) is 0 Å². The SMILES string of the molecule is c1ccc(-c2ccc(N(c3cccc4ccccc34)c3ccc(-c4cccc5c(-c6ccccc6)c(-c6ccccc6)c(-c6ccccc6)c(-c6ccccc6)c45)c4ccccc34)cc2)cc1. The van der Waals surface area contributed by atoms with E-state index in [2.05, 4.69) is 278 Å². The average Bonchev–Trinajstić information content (AvgIpc) is 3.41. The van der Waals surface area contributed by atoms with Crippen LogP contribution in [-0.2, 0) is 0 Å². The summed E-state index contributed by atoms with van der Waals surface area (Å²) < 4.78 is 0. The highest BCUT2D eigenvalue weighted by Crippen LogP contribution is 2.54. The van der Waals surface area contributed by atoms with Crippen molar-refractivity contribution in [1.82, 2.24) is 0 Å². The number of hydrogen-bond acceptors (Lipinski definition) is 1. The maximum Gasteiger partial charge on any atom is 0.0540 e. The van der Waals surface area contributed by atoms with Gasteiger partial charge in [-0.05, 0) is 113 Å². The smallest absolute Gasteiger partial charge is 0.0540 e.